The van der Waals surface area contributed by atoms with E-state index in [1.165, 1.54) is 19.3 Å². The molecule has 0 aromatic rings. The Bertz CT molecular complexity index is 187. The number of rotatable bonds is 7. The van der Waals surface area contributed by atoms with E-state index in [1.807, 2.05) is 0 Å². The van der Waals surface area contributed by atoms with Crippen LogP contribution in [0.15, 0.2) is 0 Å². The summed E-state index contributed by atoms with van der Waals surface area (Å²) in [6, 6.07) is 0. The molecule has 0 radical (unpaired) electrons. The van der Waals surface area contributed by atoms with Crippen LogP contribution in [0.1, 0.15) is 60.3 Å². The minimum Gasteiger partial charge on any atom is -0.356 e. The maximum absolute atomic E-state index is 10.7. The maximum atomic E-state index is 10.7. The van der Waals surface area contributed by atoms with E-state index in [-0.39, 0.29) is 5.91 Å². The standard InChI is InChI=1S/C13H27NO/c1-6-9-13(4,5)11(2)8-7-10-14-12(3)15/h11H,6-10H2,1-5H3,(H,14,15)/t11-/m1/s1. The molecule has 2 nitrogen and oxygen atoms in total. The molecule has 0 aliphatic rings. The summed E-state index contributed by atoms with van der Waals surface area (Å²) >= 11 is 0. The third-order valence-electron chi connectivity index (χ3n) is 3.42. The van der Waals surface area contributed by atoms with Gasteiger partial charge in [-0.2, -0.15) is 0 Å². The second kappa shape index (κ2) is 6.86. The lowest BCUT2D eigenvalue weighted by atomic mass is 9.74. The van der Waals surface area contributed by atoms with Gasteiger partial charge in [-0.25, -0.2) is 0 Å². The molecule has 1 atom stereocenters. The van der Waals surface area contributed by atoms with E-state index in [0.717, 1.165) is 18.9 Å². The van der Waals surface area contributed by atoms with Gasteiger partial charge in [0.2, 0.25) is 5.91 Å². The molecule has 0 aromatic carbocycles. The SMILES string of the molecule is CCCC(C)(C)[C@H](C)CCCNC(C)=O. The largest absolute Gasteiger partial charge is 0.356 e. The Morgan fingerprint density at radius 3 is 2.47 bits per heavy atom. The Morgan fingerprint density at radius 1 is 1.40 bits per heavy atom. The van der Waals surface area contributed by atoms with E-state index in [1.54, 1.807) is 6.92 Å². The average molecular weight is 213 g/mol. The maximum Gasteiger partial charge on any atom is 0.216 e. The van der Waals surface area contributed by atoms with Gasteiger partial charge in [0.1, 0.15) is 0 Å². The molecule has 1 amide bonds. The number of carbonyl (C=O) groups excluding carboxylic acids is 1. The molecular weight excluding hydrogens is 186 g/mol. The fraction of sp³-hybridized carbons (Fsp3) is 0.923. The molecule has 0 aliphatic heterocycles. The predicted molar refractivity (Wildman–Crippen MR) is 65.8 cm³/mol. The lowest BCUT2D eigenvalue weighted by Gasteiger charge is -2.31. The highest BCUT2D eigenvalue weighted by Crippen LogP contribution is 2.34. The van der Waals surface area contributed by atoms with Crippen molar-refractivity contribution in [3.8, 4) is 0 Å². The van der Waals surface area contributed by atoms with Crippen LogP contribution in [0.2, 0.25) is 0 Å². The van der Waals surface area contributed by atoms with Crippen LogP contribution in [0.4, 0.5) is 0 Å². The zero-order chi connectivity index (χ0) is 11.9. The topological polar surface area (TPSA) is 29.1 Å². The molecule has 0 spiro atoms. The molecule has 1 N–H and O–H groups in total. The van der Waals surface area contributed by atoms with Crippen LogP contribution in [0.25, 0.3) is 0 Å². The second-order valence-electron chi connectivity index (χ2n) is 5.26. The number of hydrogen-bond donors (Lipinski definition) is 1. The fourth-order valence-corrected chi connectivity index (χ4v) is 1.95. The summed E-state index contributed by atoms with van der Waals surface area (Å²) in [5.41, 5.74) is 0.435. The third-order valence-corrected chi connectivity index (χ3v) is 3.42. The molecule has 0 saturated heterocycles. The van der Waals surface area contributed by atoms with E-state index in [9.17, 15) is 4.79 Å². The molecule has 0 aromatic heterocycles. The van der Waals surface area contributed by atoms with Gasteiger partial charge < -0.3 is 5.32 Å². The van der Waals surface area contributed by atoms with Crippen LogP contribution in [0.3, 0.4) is 0 Å². The first-order valence-corrected chi connectivity index (χ1v) is 6.14. The summed E-state index contributed by atoms with van der Waals surface area (Å²) in [7, 11) is 0. The first-order valence-electron chi connectivity index (χ1n) is 6.14. The summed E-state index contributed by atoms with van der Waals surface area (Å²) in [5, 5.41) is 2.85. The zero-order valence-corrected chi connectivity index (χ0v) is 11.0. The van der Waals surface area contributed by atoms with Crippen LogP contribution in [-0.4, -0.2) is 12.5 Å². The molecule has 15 heavy (non-hydrogen) atoms. The third kappa shape index (κ3) is 6.53. The predicted octanol–water partition coefficient (Wildman–Crippen LogP) is 3.37. The van der Waals surface area contributed by atoms with Crippen molar-refractivity contribution >= 4 is 5.91 Å². The van der Waals surface area contributed by atoms with E-state index in [4.69, 9.17) is 0 Å². The minimum absolute atomic E-state index is 0.0791. The van der Waals surface area contributed by atoms with Crippen LogP contribution in [0.5, 0.6) is 0 Å². The number of amides is 1. The summed E-state index contributed by atoms with van der Waals surface area (Å²) in [4.78, 5) is 10.7. The fourth-order valence-electron chi connectivity index (χ4n) is 1.95. The van der Waals surface area contributed by atoms with Crippen LogP contribution >= 0.6 is 0 Å². The van der Waals surface area contributed by atoms with Crippen LogP contribution < -0.4 is 5.32 Å². The Morgan fingerprint density at radius 2 is 2.00 bits per heavy atom. The van der Waals surface area contributed by atoms with Crippen molar-refractivity contribution < 1.29 is 4.79 Å². The molecule has 90 valence electrons. The first kappa shape index (κ1) is 14.5. The van der Waals surface area contributed by atoms with Crippen LogP contribution in [0, 0.1) is 11.3 Å². The van der Waals surface area contributed by atoms with Gasteiger partial charge in [0.15, 0.2) is 0 Å². The molecule has 2 heteroatoms. The van der Waals surface area contributed by atoms with E-state index in [2.05, 4.69) is 33.0 Å². The Hall–Kier alpha value is -0.530. The zero-order valence-electron chi connectivity index (χ0n) is 11.0. The lowest BCUT2D eigenvalue weighted by molar-refractivity contribution is -0.118. The van der Waals surface area contributed by atoms with Crippen molar-refractivity contribution in [2.45, 2.75) is 60.3 Å². The highest BCUT2D eigenvalue weighted by Gasteiger charge is 2.23. The molecule has 0 fully saturated rings. The molecule has 0 aliphatic carbocycles. The summed E-state index contributed by atoms with van der Waals surface area (Å²) in [6.45, 7) is 11.7. The van der Waals surface area contributed by atoms with Gasteiger partial charge >= 0.3 is 0 Å². The van der Waals surface area contributed by atoms with E-state index < -0.39 is 0 Å². The van der Waals surface area contributed by atoms with Gasteiger partial charge in [0.25, 0.3) is 0 Å². The van der Waals surface area contributed by atoms with Crippen LogP contribution in [-0.2, 0) is 4.79 Å². The van der Waals surface area contributed by atoms with Crippen molar-refractivity contribution in [3.63, 3.8) is 0 Å². The van der Waals surface area contributed by atoms with Crippen molar-refractivity contribution in [2.75, 3.05) is 6.54 Å². The summed E-state index contributed by atoms with van der Waals surface area (Å²) in [6.07, 6.45) is 4.83. The summed E-state index contributed by atoms with van der Waals surface area (Å²) in [5.74, 6) is 0.807. The van der Waals surface area contributed by atoms with Gasteiger partial charge in [0, 0.05) is 13.5 Å². The quantitative estimate of drug-likeness (QED) is 0.645. The van der Waals surface area contributed by atoms with Crippen molar-refractivity contribution in [1.82, 2.24) is 5.32 Å². The molecular formula is C13H27NO. The second-order valence-corrected chi connectivity index (χ2v) is 5.26. The Labute approximate surface area is 94.8 Å². The smallest absolute Gasteiger partial charge is 0.216 e. The number of nitrogens with one attached hydrogen (secondary N) is 1. The summed E-state index contributed by atoms with van der Waals surface area (Å²) < 4.78 is 0. The van der Waals surface area contributed by atoms with Gasteiger partial charge in [-0.3, -0.25) is 4.79 Å². The molecule has 0 saturated carbocycles. The van der Waals surface area contributed by atoms with Crippen molar-refractivity contribution in [2.24, 2.45) is 11.3 Å². The number of carbonyl (C=O) groups is 1. The van der Waals surface area contributed by atoms with E-state index in [0.29, 0.717) is 5.41 Å². The lowest BCUT2D eigenvalue weighted by Crippen LogP contribution is -2.25. The van der Waals surface area contributed by atoms with Crippen molar-refractivity contribution in [3.05, 3.63) is 0 Å². The molecule has 0 rings (SSSR count). The highest BCUT2D eigenvalue weighted by molar-refractivity contribution is 5.72. The Kier molecular flexibility index (Phi) is 6.62. The highest BCUT2D eigenvalue weighted by atomic mass is 16.1. The normalized spacial score (nSPS) is 13.7. The van der Waals surface area contributed by atoms with Gasteiger partial charge in [-0.05, 0) is 30.6 Å². The average Bonchev–Trinajstić information content (AvgIpc) is 2.11. The minimum atomic E-state index is 0.0791. The monoisotopic (exact) mass is 213 g/mol. The number of hydrogen-bond acceptors (Lipinski definition) is 1. The first-order chi connectivity index (χ1) is 6.90. The van der Waals surface area contributed by atoms with E-state index >= 15 is 0 Å². The Balaban J connectivity index is 3.72. The van der Waals surface area contributed by atoms with Gasteiger partial charge in [-0.1, -0.05) is 34.1 Å². The molecule has 0 heterocycles. The van der Waals surface area contributed by atoms with Gasteiger partial charge in [-0.15, -0.1) is 0 Å². The molecule has 0 bridgehead atoms. The molecule has 0 unspecified atom stereocenters. The van der Waals surface area contributed by atoms with Gasteiger partial charge in [0.05, 0.1) is 0 Å². The van der Waals surface area contributed by atoms with Crippen molar-refractivity contribution in [1.29, 1.82) is 0 Å².